The van der Waals surface area contributed by atoms with Gasteiger partial charge in [-0.15, -0.1) is 0 Å². The zero-order valence-corrected chi connectivity index (χ0v) is 7.74. The van der Waals surface area contributed by atoms with Crippen LogP contribution >= 0.6 is 13.5 Å². The Bertz CT molecular complexity index is 143. The summed E-state index contributed by atoms with van der Waals surface area (Å²) in [6.45, 7) is -0.760. The van der Waals surface area contributed by atoms with Gasteiger partial charge in [-0.3, -0.25) is 0 Å². The molecule has 0 aliphatic heterocycles. The summed E-state index contributed by atoms with van der Waals surface area (Å²) >= 11 is 0. The zero-order valence-electron chi connectivity index (χ0n) is 6.74. The van der Waals surface area contributed by atoms with E-state index in [2.05, 4.69) is 0 Å². The van der Waals surface area contributed by atoms with Crippen molar-refractivity contribution in [1.29, 1.82) is 0 Å². The van der Waals surface area contributed by atoms with Gasteiger partial charge in [-0.05, 0) is 0 Å². The summed E-state index contributed by atoms with van der Waals surface area (Å²) in [5, 5.41) is 43.5. The third kappa shape index (κ3) is 4.55. The van der Waals surface area contributed by atoms with Gasteiger partial charge in [-0.25, -0.2) is 0 Å². The van der Waals surface area contributed by atoms with Crippen LogP contribution in [-0.4, -0.2) is 62.8 Å². The van der Waals surface area contributed by atoms with Gasteiger partial charge in [0.2, 0.25) is 0 Å². The van der Waals surface area contributed by atoms with Crippen molar-refractivity contribution in [3.63, 3.8) is 0 Å². The summed E-state index contributed by atoms with van der Waals surface area (Å²) in [7, 11) is 0. The van der Waals surface area contributed by atoms with Crippen molar-refractivity contribution in [2.45, 2.75) is 24.4 Å². The molecule has 6 nitrogen and oxygen atoms in total. The molecule has 0 radical (unpaired) electrons. The Hall–Kier alpha value is -0.180. The molecule has 0 spiro atoms. The van der Waals surface area contributed by atoms with Crippen molar-refractivity contribution in [3.05, 3.63) is 0 Å². The number of hydrogen-bond acceptors (Lipinski definition) is 6. The van der Waals surface area contributed by atoms with Gasteiger partial charge in [-0.1, -0.05) is 0 Å². The van der Waals surface area contributed by atoms with Crippen LogP contribution in [0.5, 0.6) is 0 Å². The van der Waals surface area contributed by atoms with E-state index in [1.54, 1.807) is 0 Å². The molecule has 0 aliphatic rings. The van der Waals surface area contributed by atoms with Gasteiger partial charge in [0.15, 0.2) is 6.29 Å². The van der Waals surface area contributed by atoms with Gasteiger partial charge >= 0.3 is 0 Å². The van der Waals surface area contributed by atoms with E-state index in [0.717, 1.165) is 0 Å². The summed E-state index contributed by atoms with van der Waals surface area (Å²) in [6.07, 6.45) is -6.84. The fraction of sp³-hybridized carbons (Fsp3) is 0.833. The van der Waals surface area contributed by atoms with Crippen LogP contribution in [0.2, 0.25) is 0 Å². The number of rotatable bonds is 5. The SMILES string of the molecule is O=CC(O)C(O)C(O)C(O)CO.S. The molecule has 0 fully saturated rings. The lowest BCUT2D eigenvalue weighted by Gasteiger charge is -2.22. The van der Waals surface area contributed by atoms with Crippen LogP contribution < -0.4 is 0 Å². The van der Waals surface area contributed by atoms with Crippen molar-refractivity contribution in [2.75, 3.05) is 6.61 Å². The van der Waals surface area contributed by atoms with E-state index in [1.165, 1.54) is 0 Å². The van der Waals surface area contributed by atoms with E-state index in [4.69, 9.17) is 25.5 Å². The Balaban J connectivity index is 0. The highest BCUT2D eigenvalue weighted by Crippen LogP contribution is 2.02. The average Bonchev–Trinajstić information content (AvgIpc) is 2.12. The van der Waals surface area contributed by atoms with Gasteiger partial charge in [-0.2, -0.15) is 13.5 Å². The maximum atomic E-state index is 9.90. The predicted octanol–water partition coefficient (Wildman–Crippen LogP) is -3.27. The molecule has 0 saturated heterocycles. The number of hydrogen-bond donors (Lipinski definition) is 5. The van der Waals surface area contributed by atoms with Gasteiger partial charge in [0.25, 0.3) is 0 Å². The van der Waals surface area contributed by atoms with Gasteiger partial charge in [0.1, 0.15) is 24.4 Å². The van der Waals surface area contributed by atoms with E-state index in [0.29, 0.717) is 0 Å². The Morgan fingerprint density at radius 1 is 1.08 bits per heavy atom. The first-order chi connectivity index (χ1) is 5.54. The molecule has 80 valence electrons. The number of aldehydes is 1. The highest BCUT2D eigenvalue weighted by atomic mass is 32.1. The number of aliphatic hydroxyl groups excluding tert-OH is 5. The van der Waals surface area contributed by atoms with E-state index < -0.39 is 31.0 Å². The Kier molecular flexibility index (Phi) is 8.53. The molecule has 0 aromatic heterocycles. The maximum Gasteiger partial charge on any atom is 0.151 e. The molecular formula is C6H14O6S. The van der Waals surface area contributed by atoms with Gasteiger partial charge in [0, 0.05) is 0 Å². The predicted molar refractivity (Wildman–Crippen MR) is 47.6 cm³/mol. The van der Waals surface area contributed by atoms with E-state index in [-0.39, 0.29) is 19.8 Å². The molecule has 4 unspecified atom stereocenters. The molecule has 0 rings (SSSR count). The minimum atomic E-state index is -1.79. The third-order valence-electron chi connectivity index (χ3n) is 1.42. The largest absolute Gasteiger partial charge is 0.394 e. The molecule has 0 aromatic rings. The molecule has 13 heavy (non-hydrogen) atoms. The highest BCUT2D eigenvalue weighted by molar-refractivity contribution is 7.59. The van der Waals surface area contributed by atoms with Gasteiger partial charge < -0.3 is 30.3 Å². The maximum absolute atomic E-state index is 9.90. The highest BCUT2D eigenvalue weighted by Gasteiger charge is 2.29. The summed E-state index contributed by atoms with van der Waals surface area (Å²) in [5.74, 6) is 0. The second-order valence-electron chi connectivity index (χ2n) is 2.36. The summed E-state index contributed by atoms with van der Waals surface area (Å²) in [6, 6.07) is 0. The summed E-state index contributed by atoms with van der Waals surface area (Å²) in [5.41, 5.74) is 0. The van der Waals surface area contributed by atoms with Crippen molar-refractivity contribution >= 4 is 19.8 Å². The van der Waals surface area contributed by atoms with Crippen molar-refractivity contribution in [3.8, 4) is 0 Å². The number of carbonyl (C=O) groups is 1. The van der Waals surface area contributed by atoms with E-state index >= 15 is 0 Å². The normalized spacial score (nSPS) is 19.5. The number of aliphatic hydroxyl groups is 5. The minimum absolute atomic E-state index is 0. The molecule has 0 aromatic carbocycles. The minimum Gasteiger partial charge on any atom is -0.394 e. The average molecular weight is 214 g/mol. The molecule has 0 heterocycles. The lowest BCUT2D eigenvalue weighted by molar-refractivity contribution is -0.136. The molecule has 0 aliphatic carbocycles. The fourth-order valence-corrected chi connectivity index (χ4v) is 0.618. The van der Waals surface area contributed by atoms with Crippen LogP contribution in [0.4, 0.5) is 0 Å². The van der Waals surface area contributed by atoms with Crippen molar-refractivity contribution < 1.29 is 30.3 Å². The first kappa shape index (κ1) is 15.3. The fourth-order valence-electron chi connectivity index (χ4n) is 0.618. The van der Waals surface area contributed by atoms with Gasteiger partial charge in [0.05, 0.1) is 6.61 Å². The van der Waals surface area contributed by atoms with Crippen LogP contribution in [0.25, 0.3) is 0 Å². The second kappa shape index (κ2) is 7.25. The van der Waals surface area contributed by atoms with Crippen LogP contribution in [0.3, 0.4) is 0 Å². The molecule has 0 bridgehead atoms. The Morgan fingerprint density at radius 3 is 1.85 bits per heavy atom. The second-order valence-corrected chi connectivity index (χ2v) is 2.36. The smallest absolute Gasteiger partial charge is 0.151 e. The molecule has 5 N–H and O–H groups in total. The van der Waals surface area contributed by atoms with Crippen LogP contribution in [-0.2, 0) is 4.79 Å². The molecular weight excluding hydrogens is 200 g/mol. The summed E-state index contributed by atoms with van der Waals surface area (Å²) in [4.78, 5) is 9.90. The van der Waals surface area contributed by atoms with E-state index in [9.17, 15) is 4.79 Å². The van der Waals surface area contributed by atoms with Crippen LogP contribution in [0.1, 0.15) is 0 Å². The topological polar surface area (TPSA) is 118 Å². The van der Waals surface area contributed by atoms with E-state index in [1.807, 2.05) is 0 Å². The molecule has 0 saturated carbocycles. The molecule has 7 heteroatoms. The first-order valence-electron chi connectivity index (χ1n) is 3.33. The van der Waals surface area contributed by atoms with Crippen molar-refractivity contribution in [1.82, 2.24) is 0 Å². The van der Waals surface area contributed by atoms with Crippen LogP contribution in [0.15, 0.2) is 0 Å². The lowest BCUT2D eigenvalue weighted by Crippen LogP contribution is -2.46. The Morgan fingerprint density at radius 2 is 1.54 bits per heavy atom. The standard InChI is InChI=1S/C6H12O6.H2S/c7-1-3(9)5(11)6(12)4(10)2-8;/h1,3-6,8-12H,2H2;1H2. The van der Waals surface area contributed by atoms with Crippen molar-refractivity contribution in [2.24, 2.45) is 0 Å². The lowest BCUT2D eigenvalue weighted by atomic mass is 10.0. The van der Waals surface area contributed by atoms with Crippen LogP contribution in [0, 0.1) is 0 Å². The monoisotopic (exact) mass is 214 g/mol. The number of carbonyl (C=O) groups excluding carboxylic acids is 1. The zero-order chi connectivity index (χ0) is 9.72. The first-order valence-corrected chi connectivity index (χ1v) is 3.33. The quantitative estimate of drug-likeness (QED) is 0.306. The Labute approximate surface area is 81.9 Å². The molecule has 4 atom stereocenters. The third-order valence-corrected chi connectivity index (χ3v) is 1.42. The molecule has 0 amide bonds. The summed E-state index contributed by atoms with van der Waals surface area (Å²) < 4.78 is 0.